The largest absolute Gasteiger partial charge is 0.418 e. The van der Waals surface area contributed by atoms with Crippen molar-refractivity contribution in [2.75, 3.05) is 31.1 Å². The number of nitrogens with zero attached hydrogens (tertiary/aromatic N) is 2. The van der Waals surface area contributed by atoms with Gasteiger partial charge in [-0.15, -0.1) is 11.6 Å². The highest BCUT2D eigenvalue weighted by molar-refractivity contribution is 6.17. The highest BCUT2D eigenvalue weighted by atomic mass is 35.5. The van der Waals surface area contributed by atoms with E-state index < -0.39 is 11.7 Å². The van der Waals surface area contributed by atoms with Crippen molar-refractivity contribution < 1.29 is 13.2 Å². The van der Waals surface area contributed by atoms with E-state index in [0.29, 0.717) is 24.7 Å². The summed E-state index contributed by atoms with van der Waals surface area (Å²) < 4.78 is 39.7. The Morgan fingerprint density at radius 2 is 1.76 bits per heavy atom. The quantitative estimate of drug-likeness (QED) is 0.777. The molecule has 0 radical (unpaired) electrons. The predicted molar refractivity (Wildman–Crippen MR) is 79.9 cm³/mol. The number of halogens is 4. The molecule has 118 valence electrons. The Morgan fingerprint density at radius 3 is 2.24 bits per heavy atom. The third-order valence-electron chi connectivity index (χ3n) is 3.91. The Balaban J connectivity index is 2.24. The van der Waals surface area contributed by atoms with Gasteiger partial charge >= 0.3 is 6.18 Å². The van der Waals surface area contributed by atoms with Gasteiger partial charge in [0.15, 0.2) is 0 Å². The van der Waals surface area contributed by atoms with Crippen LogP contribution in [0.2, 0.25) is 0 Å². The van der Waals surface area contributed by atoms with Crippen LogP contribution in [0.4, 0.5) is 18.9 Å². The van der Waals surface area contributed by atoms with Crippen LogP contribution >= 0.6 is 11.6 Å². The average molecular weight is 321 g/mol. The molecular weight excluding hydrogens is 301 g/mol. The number of anilines is 1. The van der Waals surface area contributed by atoms with Gasteiger partial charge in [0.25, 0.3) is 0 Å². The van der Waals surface area contributed by atoms with Crippen LogP contribution in [-0.4, -0.2) is 37.1 Å². The van der Waals surface area contributed by atoms with Crippen LogP contribution in [0, 0.1) is 0 Å². The number of hydrogen-bond acceptors (Lipinski definition) is 2. The molecule has 0 aromatic heterocycles. The number of benzene rings is 1. The fourth-order valence-electron chi connectivity index (χ4n) is 2.65. The van der Waals surface area contributed by atoms with E-state index in [1.54, 1.807) is 12.1 Å². The molecule has 2 rings (SSSR count). The van der Waals surface area contributed by atoms with E-state index >= 15 is 0 Å². The van der Waals surface area contributed by atoms with Crippen LogP contribution < -0.4 is 4.90 Å². The van der Waals surface area contributed by atoms with Crippen molar-refractivity contribution in [3.05, 3.63) is 29.3 Å². The van der Waals surface area contributed by atoms with Crippen molar-refractivity contribution in [3.8, 4) is 0 Å². The molecule has 0 N–H and O–H groups in total. The SMILES string of the molecule is CC(C)N1CCN(c2ccc(CCl)cc2C(F)(F)F)CC1. The summed E-state index contributed by atoms with van der Waals surface area (Å²) in [6, 6.07) is 4.81. The summed E-state index contributed by atoms with van der Waals surface area (Å²) in [4.78, 5) is 4.09. The number of rotatable bonds is 3. The average Bonchev–Trinajstić information content (AvgIpc) is 2.46. The van der Waals surface area contributed by atoms with Crippen molar-refractivity contribution >= 4 is 17.3 Å². The molecule has 0 amide bonds. The molecule has 1 aliphatic heterocycles. The monoisotopic (exact) mass is 320 g/mol. The van der Waals surface area contributed by atoms with E-state index in [2.05, 4.69) is 18.7 Å². The lowest BCUT2D eigenvalue weighted by Gasteiger charge is -2.39. The second kappa shape index (κ2) is 6.44. The normalized spacial score (nSPS) is 17.6. The molecule has 0 spiro atoms. The van der Waals surface area contributed by atoms with Crippen molar-refractivity contribution in [1.29, 1.82) is 0 Å². The van der Waals surface area contributed by atoms with Gasteiger partial charge in [0.1, 0.15) is 0 Å². The van der Waals surface area contributed by atoms with Crippen LogP contribution in [-0.2, 0) is 12.1 Å². The van der Waals surface area contributed by atoms with Gasteiger partial charge in [0.2, 0.25) is 0 Å². The molecule has 0 bridgehead atoms. The number of hydrogen-bond donors (Lipinski definition) is 0. The lowest BCUT2D eigenvalue weighted by molar-refractivity contribution is -0.137. The minimum Gasteiger partial charge on any atom is -0.368 e. The maximum atomic E-state index is 13.2. The molecule has 0 saturated carbocycles. The fraction of sp³-hybridized carbons (Fsp3) is 0.600. The molecule has 1 aromatic rings. The smallest absolute Gasteiger partial charge is 0.368 e. The summed E-state index contributed by atoms with van der Waals surface area (Å²) in [6.45, 7) is 7.00. The van der Waals surface area contributed by atoms with Crippen LogP contribution in [0.5, 0.6) is 0 Å². The van der Waals surface area contributed by atoms with Gasteiger partial charge in [-0.2, -0.15) is 13.2 Å². The van der Waals surface area contributed by atoms with Gasteiger partial charge in [-0.25, -0.2) is 0 Å². The molecule has 1 saturated heterocycles. The van der Waals surface area contributed by atoms with E-state index in [-0.39, 0.29) is 11.6 Å². The zero-order valence-electron chi connectivity index (χ0n) is 12.3. The zero-order valence-corrected chi connectivity index (χ0v) is 13.0. The van der Waals surface area contributed by atoms with E-state index in [1.807, 2.05) is 4.90 Å². The highest BCUT2D eigenvalue weighted by Gasteiger charge is 2.35. The van der Waals surface area contributed by atoms with Crippen LogP contribution in [0.1, 0.15) is 25.0 Å². The lowest BCUT2D eigenvalue weighted by atomic mass is 10.1. The topological polar surface area (TPSA) is 6.48 Å². The van der Waals surface area contributed by atoms with E-state index in [4.69, 9.17) is 11.6 Å². The third kappa shape index (κ3) is 3.83. The highest BCUT2D eigenvalue weighted by Crippen LogP contribution is 2.37. The minimum atomic E-state index is -4.35. The molecule has 1 aromatic carbocycles. The maximum Gasteiger partial charge on any atom is 0.418 e. The standard InChI is InChI=1S/C15H20ClF3N2/c1-11(2)20-5-7-21(8-6-20)14-4-3-12(10-16)9-13(14)15(17,18)19/h3-4,9,11H,5-8,10H2,1-2H3. The molecular formula is C15H20ClF3N2. The van der Waals surface area contributed by atoms with Crippen molar-refractivity contribution in [2.24, 2.45) is 0 Å². The first-order valence-corrected chi connectivity index (χ1v) is 7.61. The van der Waals surface area contributed by atoms with Gasteiger partial charge in [0, 0.05) is 43.8 Å². The predicted octanol–water partition coefficient (Wildman–Crippen LogP) is 3.97. The molecule has 1 heterocycles. The van der Waals surface area contributed by atoms with Gasteiger partial charge < -0.3 is 4.90 Å². The number of piperazine rings is 1. The Hall–Kier alpha value is -0.940. The van der Waals surface area contributed by atoms with E-state index in [9.17, 15) is 13.2 Å². The van der Waals surface area contributed by atoms with Gasteiger partial charge in [0.05, 0.1) is 5.56 Å². The second-order valence-corrected chi connectivity index (χ2v) is 5.87. The molecule has 21 heavy (non-hydrogen) atoms. The maximum absolute atomic E-state index is 13.2. The van der Waals surface area contributed by atoms with Crippen molar-refractivity contribution in [3.63, 3.8) is 0 Å². The van der Waals surface area contributed by atoms with Crippen LogP contribution in [0.3, 0.4) is 0 Å². The minimum absolute atomic E-state index is 0.0878. The van der Waals surface area contributed by atoms with Gasteiger partial charge in [-0.3, -0.25) is 4.90 Å². The summed E-state index contributed by atoms with van der Waals surface area (Å²) >= 11 is 5.65. The molecule has 2 nitrogen and oxygen atoms in total. The Labute approximate surface area is 128 Å². The third-order valence-corrected chi connectivity index (χ3v) is 4.21. The fourth-order valence-corrected chi connectivity index (χ4v) is 2.81. The Kier molecular flexibility index (Phi) is 5.04. The lowest BCUT2D eigenvalue weighted by Crippen LogP contribution is -2.49. The first kappa shape index (κ1) is 16.4. The van der Waals surface area contributed by atoms with Crippen LogP contribution in [0.25, 0.3) is 0 Å². The zero-order chi connectivity index (χ0) is 15.6. The van der Waals surface area contributed by atoms with Crippen molar-refractivity contribution in [1.82, 2.24) is 4.90 Å². The summed E-state index contributed by atoms with van der Waals surface area (Å²) in [5, 5.41) is 0. The second-order valence-electron chi connectivity index (χ2n) is 5.60. The molecule has 1 aliphatic rings. The molecule has 1 fully saturated rings. The molecule has 0 atom stereocenters. The summed E-state index contributed by atoms with van der Waals surface area (Å²) in [5.41, 5.74) is 0.173. The summed E-state index contributed by atoms with van der Waals surface area (Å²) in [6.07, 6.45) is -4.35. The molecule has 0 unspecified atom stereocenters. The Bertz CT molecular complexity index is 480. The first-order chi connectivity index (χ1) is 9.82. The van der Waals surface area contributed by atoms with Gasteiger partial charge in [-0.1, -0.05) is 6.07 Å². The first-order valence-electron chi connectivity index (χ1n) is 7.08. The Morgan fingerprint density at radius 1 is 1.14 bits per heavy atom. The molecule has 0 aliphatic carbocycles. The number of alkyl halides is 4. The van der Waals surface area contributed by atoms with Crippen LogP contribution in [0.15, 0.2) is 18.2 Å². The van der Waals surface area contributed by atoms with E-state index in [1.165, 1.54) is 0 Å². The molecule has 6 heteroatoms. The summed E-state index contributed by atoms with van der Waals surface area (Å²) in [5.74, 6) is 0.0878. The van der Waals surface area contributed by atoms with Crippen molar-refractivity contribution in [2.45, 2.75) is 31.9 Å². The summed E-state index contributed by atoms with van der Waals surface area (Å²) in [7, 11) is 0. The van der Waals surface area contributed by atoms with Gasteiger partial charge in [-0.05, 0) is 31.5 Å². The van der Waals surface area contributed by atoms with E-state index in [0.717, 1.165) is 19.2 Å².